The summed E-state index contributed by atoms with van der Waals surface area (Å²) in [6, 6.07) is 6.57. The second-order valence-corrected chi connectivity index (χ2v) is 4.22. The van der Waals surface area contributed by atoms with Crippen LogP contribution in [-0.2, 0) is 6.42 Å². The average molecular weight is 217 g/mol. The number of aromatic amines is 1. The number of hydrogen-bond donors (Lipinski definition) is 1. The number of H-pyrrole nitrogens is 1. The van der Waals surface area contributed by atoms with Crippen molar-refractivity contribution in [1.29, 1.82) is 0 Å². The maximum atomic E-state index is 13.0. The summed E-state index contributed by atoms with van der Waals surface area (Å²) in [6.45, 7) is 0. The zero-order valence-corrected chi connectivity index (χ0v) is 8.78. The Kier molecular flexibility index (Phi) is 2.20. The monoisotopic (exact) mass is 217 g/mol. The van der Waals surface area contributed by atoms with Gasteiger partial charge in [-0.05, 0) is 30.5 Å². The number of benzene rings is 1. The zero-order valence-electron chi connectivity index (χ0n) is 8.78. The molecule has 3 nitrogen and oxygen atoms in total. The minimum atomic E-state index is -0.209. The summed E-state index contributed by atoms with van der Waals surface area (Å²) in [5.74, 6) is 2.07. The topological polar surface area (TPSA) is 41.6 Å². The molecule has 0 unspecified atom stereocenters. The molecule has 16 heavy (non-hydrogen) atoms. The summed E-state index contributed by atoms with van der Waals surface area (Å²) in [4.78, 5) is 4.41. The predicted octanol–water partition coefficient (Wildman–Crippen LogP) is 2.41. The largest absolute Gasteiger partial charge is 0.263 e. The Labute approximate surface area is 92.7 Å². The van der Waals surface area contributed by atoms with Gasteiger partial charge in [-0.25, -0.2) is 9.37 Å². The van der Waals surface area contributed by atoms with Crippen LogP contribution in [0.5, 0.6) is 0 Å². The molecule has 0 radical (unpaired) electrons. The molecule has 1 aromatic carbocycles. The predicted molar refractivity (Wildman–Crippen MR) is 57.6 cm³/mol. The van der Waals surface area contributed by atoms with Crippen LogP contribution in [0.2, 0.25) is 0 Å². The summed E-state index contributed by atoms with van der Waals surface area (Å²) >= 11 is 0. The maximum absolute atomic E-state index is 13.0. The Hall–Kier alpha value is -1.71. The molecule has 0 bridgehead atoms. The average Bonchev–Trinajstić information content (AvgIpc) is 3.01. The summed E-state index contributed by atoms with van der Waals surface area (Å²) in [5, 5.41) is 7.08. The minimum Gasteiger partial charge on any atom is -0.263 e. The van der Waals surface area contributed by atoms with Crippen LogP contribution in [0.3, 0.4) is 0 Å². The molecule has 1 N–H and O–H groups in total. The standard InChI is InChI=1S/C12H12FN3/c13-10-3-1-2-8(6-10)7-11-14-12(16-15-11)9-4-5-9/h1-3,6,9H,4-5,7H2,(H,14,15,16). The van der Waals surface area contributed by atoms with Gasteiger partial charge in [-0.15, -0.1) is 0 Å². The molecule has 1 aliphatic carbocycles. The number of nitrogens with one attached hydrogen (secondary N) is 1. The van der Waals surface area contributed by atoms with Gasteiger partial charge in [-0.2, -0.15) is 5.10 Å². The molecule has 3 rings (SSSR count). The number of nitrogens with zero attached hydrogens (tertiary/aromatic N) is 2. The highest BCUT2D eigenvalue weighted by molar-refractivity contribution is 5.20. The van der Waals surface area contributed by atoms with Crippen molar-refractivity contribution in [1.82, 2.24) is 15.2 Å². The van der Waals surface area contributed by atoms with Crippen molar-refractivity contribution in [3.8, 4) is 0 Å². The van der Waals surface area contributed by atoms with E-state index in [1.165, 1.54) is 25.0 Å². The fraction of sp³-hybridized carbons (Fsp3) is 0.333. The fourth-order valence-electron chi connectivity index (χ4n) is 1.75. The lowest BCUT2D eigenvalue weighted by atomic mass is 10.1. The van der Waals surface area contributed by atoms with E-state index in [1.54, 1.807) is 6.07 Å². The zero-order chi connectivity index (χ0) is 11.0. The van der Waals surface area contributed by atoms with Gasteiger partial charge < -0.3 is 0 Å². The Morgan fingerprint density at radius 2 is 2.25 bits per heavy atom. The molecule has 4 heteroatoms. The van der Waals surface area contributed by atoms with Crippen molar-refractivity contribution < 1.29 is 4.39 Å². The summed E-state index contributed by atoms with van der Waals surface area (Å²) in [5.41, 5.74) is 0.915. The number of rotatable bonds is 3. The third-order valence-electron chi connectivity index (χ3n) is 2.75. The summed E-state index contributed by atoms with van der Waals surface area (Å²) < 4.78 is 13.0. The molecule has 1 aliphatic rings. The van der Waals surface area contributed by atoms with Gasteiger partial charge in [-0.3, -0.25) is 5.10 Å². The van der Waals surface area contributed by atoms with Gasteiger partial charge in [0.15, 0.2) is 5.82 Å². The van der Waals surface area contributed by atoms with Crippen LogP contribution >= 0.6 is 0 Å². The van der Waals surface area contributed by atoms with E-state index >= 15 is 0 Å². The normalized spacial score (nSPS) is 15.3. The molecule has 0 spiro atoms. The molecule has 82 valence electrons. The van der Waals surface area contributed by atoms with Crippen molar-refractivity contribution in [2.45, 2.75) is 25.2 Å². The van der Waals surface area contributed by atoms with Crippen LogP contribution in [0.25, 0.3) is 0 Å². The van der Waals surface area contributed by atoms with Crippen molar-refractivity contribution in [2.75, 3.05) is 0 Å². The highest BCUT2D eigenvalue weighted by atomic mass is 19.1. The molecule has 0 aliphatic heterocycles. The van der Waals surface area contributed by atoms with Gasteiger partial charge in [0, 0.05) is 12.3 Å². The van der Waals surface area contributed by atoms with E-state index in [4.69, 9.17) is 0 Å². The van der Waals surface area contributed by atoms with E-state index in [0.29, 0.717) is 12.3 Å². The van der Waals surface area contributed by atoms with E-state index < -0.39 is 0 Å². The fourth-order valence-corrected chi connectivity index (χ4v) is 1.75. The number of aromatic nitrogens is 3. The van der Waals surface area contributed by atoms with Crippen LogP contribution in [0.15, 0.2) is 24.3 Å². The number of hydrogen-bond acceptors (Lipinski definition) is 2. The van der Waals surface area contributed by atoms with Crippen molar-refractivity contribution in [2.24, 2.45) is 0 Å². The molecular formula is C12H12FN3. The molecule has 0 atom stereocenters. The van der Waals surface area contributed by atoms with Crippen LogP contribution in [0, 0.1) is 5.82 Å². The second kappa shape index (κ2) is 3.70. The minimum absolute atomic E-state index is 0.209. The molecule has 2 aromatic rings. The highest BCUT2D eigenvalue weighted by Crippen LogP contribution is 2.37. The molecule has 1 aromatic heterocycles. The number of halogens is 1. The van der Waals surface area contributed by atoms with E-state index in [1.807, 2.05) is 6.07 Å². The Morgan fingerprint density at radius 1 is 1.38 bits per heavy atom. The summed E-state index contributed by atoms with van der Waals surface area (Å²) in [6.07, 6.45) is 2.99. The van der Waals surface area contributed by atoms with Crippen LogP contribution in [-0.4, -0.2) is 15.2 Å². The first-order chi connectivity index (χ1) is 7.81. The lowest BCUT2D eigenvalue weighted by molar-refractivity contribution is 0.626. The van der Waals surface area contributed by atoms with E-state index in [0.717, 1.165) is 17.2 Å². The maximum Gasteiger partial charge on any atom is 0.153 e. The molecule has 1 saturated carbocycles. The first-order valence-electron chi connectivity index (χ1n) is 5.47. The van der Waals surface area contributed by atoms with Gasteiger partial charge in [0.2, 0.25) is 0 Å². The summed E-state index contributed by atoms with van der Waals surface area (Å²) in [7, 11) is 0. The third kappa shape index (κ3) is 1.96. The molecule has 0 amide bonds. The first kappa shape index (κ1) is 9.51. The molecular weight excluding hydrogens is 205 g/mol. The smallest absolute Gasteiger partial charge is 0.153 e. The highest BCUT2D eigenvalue weighted by Gasteiger charge is 2.27. The Bertz CT molecular complexity index is 502. The van der Waals surface area contributed by atoms with E-state index in [-0.39, 0.29) is 5.82 Å². The Morgan fingerprint density at radius 3 is 3.00 bits per heavy atom. The van der Waals surface area contributed by atoms with Gasteiger partial charge in [0.1, 0.15) is 11.6 Å². The van der Waals surface area contributed by atoms with Crippen LogP contribution in [0.4, 0.5) is 4.39 Å². The SMILES string of the molecule is Fc1cccc(Cc2nc(C3CC3)n[nH]2)c1. The molecule has 1 fully saturated rings. The van der Waals surface area contributed by atoms with Crippen molar-refractivity contribution >= 4 is 0 Å². The Balaban J connectivity index is 1.77. The third-order valence-corrected chi connectivity index (χ3v) is 2.75. The van der Waals surface area contributed by atoms with Crippen molar-refractivity contribution in [3.05, 3.63) is 47.3 Å². The van der Waals surface area contributed by atoms with Crippen LogP contribution in [0.1, 0.15) is 36.0 Å². The second-order valence-electron chi connectivity index (χ2n) is 4.22. The molecule has 0 saturated heterocycles. The van der Waals surface area contributed by atoms with E-state index in [9.17, 15) is 4.39 Å². The lowest BCUT2D eigenvalue weighted by Crippen LogP contribution is -1.91. The van der Waals surface area contributed by atoms with Gasteiger partial charge in [0.25, 0.3) is 0 Å². The van der Waals surface area contributed by atoms with Gasteiger partial charge in [-0.1, -0.05) is 12.1 Å². The van der Waals surface area contributed by atoms with Gasteiger partial charge in [0.05, 0.1) is 0 Å². The lowest BCUT2D eigenvalue weighted by Gasteiger charge is -1.97. The molecule has 1 heterocycles. The van der Waals surface area contributed by atoms with E-state index in [2.05, 4.69) is 15.2 Å². The first-order valence-corrected chi connectivity index (χ1v) is 5.47. The quantitative estimate of drug-likeness (QED) is 0.857. The van der Waals surface area contributed by atoms with Gasteiger partial charge >= 0.3 is 0 Å². The van der Waals surface area contributed by atoms with Crippen molar-refractivity contribution in [3.63, 3.8) is 0 Å². The van der Waals surface area contributed by atoms with Crippen LogP contribution < -0.4 is 0 Å².